The molecule has 1 unspecified atom stereocenters. The van der Waals surface area contributed by atoms with Gasteiger partial charge in [-0.05, 0) is 30.9 Å². The van der Waals surface area contributed by atoms with Crippen LogP contribution < -0.4 is 5.73 Å². The summed E-state index contributed by atoms with van der Waals surface area (Å²) in [5, 5.41) is 8.70. The van der Waals surface area contributed by atoms with E-state index in [1.807, 2.05) is 30.3 Å². The lowest BCUT2D eigenvalue weighted by molar-refractivity contribution is 0.499. The minimum absolute atomic E-state index is 0.0233. The predicted octanol–water partition coefficient (Wildman–Crippen LogP) is 2.70. The van der Waals surface area contributed by atoms with Crippen LogP contribution >= 0.6 is 0 Å². The summed E-state index contributed by atoms with van der Waals surface area (Å²) in [7, 11) is 0. The summed E-state index contributed by atoms with van der Waals surface area (Å²) in [4.78, 5) is 1.63. The summed E-state index contributed by atoms with van der Waals surface area (Å²) in [5.41, 5.74) is 7.94. The van der Waals surface area contributed by atoms with Gasteiger partial charge in [-0.2, -0.15) is 15.0 Å². The fourth-order valence-electron chi connectivity index (χ4n) is 1.79. The van der Waals surface area contributed by atoms with Gasteiger partial charge < -0.3 is 5.73 Å². The molecule has 0 radical (unpaired) electrons. The van der Waals surface area contributed by atoms with Gasteiger partial charge in [-0.15, -0.1) is 0 Å². The first-order chi connectivity index (χ1) is 8.66. The standard InChI is InChI=1S/C14H20N4/c1-11(2)8-9-13(15)14-10-16-18(17-14)12-6-4-3-5-7-12/h3-7,10-11,13H,8-9,15H2,1-2H3. The van der Waals surface area contributed by atoms with Crippen LogP contribution in [0.4, 0.5) is 0 Å². The molecule has 0 saturated carbocycles. The van der Waals surface area contributed by atoms with Gasteiger partial charge >= 0.3 is 0 Å². The van der Waals surface area contributed by atoms with E-state index in [0.717, 1.165) is 24.2 Å². The van der Waals surface area contributed by atoms with Gasteiger partial charge in [0.1, 0.15) is 0 Å². The van der Waals surface area contributed by atoms with Gasteiger partial charge in [0.05, 0.1) is 23.6 Å². The molecule has 2 N–H and O–H groups in total. The molecule has 0 aliphatic carbocycles. The van der Waals surface area contributed by atoms with Crippen LogP contribution in [0.25, 0.3) is 5.69 Å². The molecule has 1 aromatic heterocycles. The highest BCUT2D eigenvalue weighted by molar-refractivity contribution is 5.28. The Morgan fingerprint density at radius 1 is 1.17 bits per heavy atom. The topological polar surface area (TPSA) is 56.7 Å². The van der Waals surface area contributed by atoms with Crippen LogP contribution in [-0.2, 0) is 0 Å². The van der Waals surface area contributed by atoms with E-state index in [-0.39, 0.29) is 6.04 Å². The van der Waals surface area contributed by atoms with Gasteiger partial charge in [-0.3, -0.25) is 0 Å². The van der Waals surface area contributed by atoms with Gasteiger partial charge in [-0.1, -0.05) is 32.0 Å². The van der Waals surface area contributed by atoms with Gasteiger partial charge in [0.2, 0.25) is 0 Å². The van der Waals surface area contributed by atoms with Gasteiger partial charge in [0.25, 0.3) is 0 Å². The first kappa shape index (κ1) is 12.8. The summed E-state index contributed by atoms with van der Waals surface area (Å²) in [5.74, 6) is 0.667. The van der Waals surface area contributed by atoms with E-state index in [1.54, 1.807) is 11.0 Å². The second kappa shape index (κ2) is 5.78. The Morgan fingerprint density at radius 3 is 2.56 bits per heavy atom. The molecular formula is C14H20N4. The lowest BCUT2D eigenvalue weighted by Crippen LogP contribution is -2.12. The lowest BCUT2D eigenvalue weighted by atomic mass is 10.0. The number of hydrogen-bond acceptors (Lipinski definition) is 3. The van der Waals surface area contributed by atoms with Crippen LogP contribution in [0, 0.1) is 5.92 Å². The highest BCUT2D eigenvalue weighted by atomic mass is 15.5. The second-order valence-corrected chi connectivity index (χ2v) is 4.97. The molecule has 4 nitrogen and oxygen atoms in total. The van der Waals surface area contributed by atoms with E-state index in [4.69, 9.17) is 5.73 Å². The number of rotatable bonds is 5. The summed E-state index contributed by atoms with van der Waals surface area (Å²) < 4.78 is 0. The van der Waals surface area contributed by atoms with Gasteiger partial charge in [0, 0.05) is 0 Å². The Balaban J connectivity index is 2.06. The maximum absolute atomic E-state index is 6.12. The number of benzene rings is 1. The van der Waals surface area contributed by atoms with Crippen LogP contribution in [0.2, 0.25) is 0 Å². The average Bonchev–Trinajstić information content (AvgIpc) is 2.86. The molecule has 1 aromatic carbocycles. The molecule has 0 aliphatic heterocycles. The number of hydrogen-bond donors (Lipinski definition) is 1. The summed E-state index contributed by atoms with van der Waals surface area (Å²) >= 11 is 0. The monoisotopic (exact) mass is 244 g/mol. The summed E-state index contributed by atoms with van der Waals surface area (Å²) in [6, 6.07) is 9.84. The summed E-state index contributed by atoms with van der Waals surface area (Å²) in [6.07, 6.45) is 3.82. The van der Waals surface area contributed by atoms with Crippen LogP contribution in [0.1, 0.15) is 38.4 Å². The van der Waals surface area contributed by atoms with Crippen molar-refractivity contribution in [3.8, 4) is 5.69 Å². The maximum Gasteiger partial charge on any atom is 0.0998 e. The van der Waals surface area contributed by atoms with Crippen LogP contribution in [-0.4, -0.2) is 15.0 Å². The van der Waals surface area contributed by atoms with Crippen molar-refractivity contribution in [3.63, 3.8) is 0 Å². The SMILES string of the molecule is CC(C)CCC(N)c1cnn(-c2ccccc2)n1. The molecule has 96 valence electrons. The number of aromatic nitrogens is 3. The zero-order chi connectivity index (χ0) is 13.0. The number of nitrogens with zero attached hydrogens (tertiary/aromatic N) is 3. The Hall–Kier alpha value is -1.68. The highest BCUT2D eigenvalue weighted by Crippen LogP contribution is 2.16. The van der Waals surface area contributed by atoms with Crippen molar-refractivity contribution < 1.29 is 0 Å². The Kier molecular flexibility index (Phi) is 4.10. The average molecular weight is 244 g/mol. The van der Waals surface area contributed by atoms with E-state index < -0.39 is 0 Å². The highest BCUT2D eigenvalue weighted by Gasteiger charge is 2.11. The third kappa shape index (κ3) is 3.17. The van der Waals surface area contributed by atoms with Crippen LogP contribution in [0.3, 0.4) is 0 Å². The fraction of sp³-hybridized carbons (Fsp3) is 0.429. The first-order valence-electron chi connectivity index (χ1n) is 6.40. The third-order valence-corrected chi connectivity index (χ3v) is 2.93. The zero-order valence-corrected chi connectivity index (χ0v) is 11.0. The Bertz CT molecular complexity index is 476. The Morgan fingerprint density at radius 2 is 1.89 bits per heavy atom. The first-order valence-corrected chi connectivity index (χ1v) is 6.40. The molecule has 0 spiro atoms. The Labute approximate surface area is 108 Å². The molecule has 2 rings (SSSR count). The molecule has 4 heteroatoms. The van der Waals surface area contributed by atoms with Crippen molar-refractivity contribution >= 4 is 0 Å². The maximum atomic E-state index is 6.12. The molecule has 0 amide bonds. The van der Waals surface area contributed by atoms with Crippen LogP contribution in [0.5, 0.6) is 0 Å². The van der Waals surface area contributed by atoms with Crippen molar-refractivity contribution in [3.05, 3.63) is 42.2 Å². The van der Waals surface area contributed by atoms with Crippen molar-refractivity contribution in [2.24, 2.45) is 11.7 Å². The molecule has 0 aliphatic rings. The molecule has 0 saturated heterocycles. The molecule has 0 bridgehead atoms. The van der Waals surface area contributed by atoms with Crippen molar-refractivity contribution in [1.82, 2.24) is 15.0 Å². The summed E-state index contributed by atoms with van der Waals surface area (Å²) in [6.45, 7) is 4.40. The molecule has 1 heterocycles. The quantitative estimate of drug-likeness (QED) is 0.879. The van der Waals surface area contributed by atoms with Gasteiger partial charge in [0.15, 0.2) is 0 Å². The minimum Gasteiger partial charge on any atom is -0.323 e. The normalized spacial score (nSPS) is 12.9. The molecule has 1 atom stereocenters. The number of para-hydroxylation sites is 1. The smallest absolute Gasteiger partial charge is 0.0998 e. The lowest BCUT2D eigenvalue weighted by Gasteiger charge is -2.09. The molecule has 18 heavy (non-hydrogen) atoms. The van der Waals surface area contributed by atoms with E-state index in [9.17, 15) is 0 Å². The molecule has 2 aromatic rings. The van der Waals surface area contributed by atoms with Crippen molar-refractivity contribution in [2.75, 3.05) is 0 Å². The van der Waals surface area contributed by atoms with Crippen LogP contribution in [0.15, 0.2) is 36.5 Å². The zero-order valence-electron chi connectivity index (χ0n) is 11.0. The van der Waals surface area contributed by atoms with Gasteiger partial charge in [-0.25, -0.2) is 0 Å². The van der Waals surface area contributed by atoms with E-state index in [0.29, 0.717) is 5.92 Å². The van der Waals surface area contributed by atoms with Crippen molar-refractivity contribution in [2.45, 2.75) is 32.7 Å². The second-order valence-electron chi connectivity index (χ2n) is 4.97. The van der Waals surface area contributed by atoms with E-state index in [1.165, 1.54) is 0 Å². The largest absolute Gasteiger partial charge is 0.323 e. The minimum atomic E-state index is -0.0233. The molecular weight excluding hydrogens is 224 g/mol. The predicted molar refractivity (Wildman–Crippen MR) is 72.4 cm³/mol. The van der Waals surface area contributed by atoms with Crippen molar-refractivity contribution in [1.29, 1.82) is 0 Å². The van der Waals surface area contributed by atoms with E-state index >= 15 is 0 Å². The fourth-order valence-corrected chi connectivity index (χ4v) is 1.79. The third-order valence-electron chi connectivity index (χ3n) is 2.93. The molecule has 0 fully saturated rings. The number of nitrogens with two attached hydrogens (primary N) is 1. The van der Waals surface area contributed by atoms with E-state index in [2.05, 4.69) is 24.0 Å².